The molecule has 2 fully saturated rings. The van der Waals surface area contributed by atoms with E-state index in [9.17, 15) is 18.0 Å². The number of para-hydroxylation sites is 1. The van der Waals surface area contributed by atoms with Gasteiger partial charge in [0.05, 0.1) is 36.3 Å². The van der Waals surface area contributed by atoms with Gasteiger partial charge in [0.1, 0.15) is 0 Å². The van der Waals surface area contributed by atoms with Crippen LogP contribution >= 0.6 is 0 Å². The summed E-state index contributed by atoms with van der Waals surface area (Å²) in [6.07, 6.45) is 0.531. The quantitative estimate of drug-likeness (QED) is 0.491. The van der Waals surface area contributed by atoms with Crippen LogP contribution in [0, 0.1) is 12.3 Å². The second-order valence-electron chi connectivity index (χ2n) is 9.04. The van der Waals surface area contributed by atoms with Gasteiger partial charge in [0, 0.05) is 12.3 Å². The number of rotatable bonds is 4. The van der Waals surface area contributed by atoms with Crippen molar-refractivity contribution >= 4 is 33.4 Å². The van der Waals surface area contributed by atoms with Crippen LogP contribution in [0.4, 0.5) is 5.69 Å². The van der Waals surface area contributed by atoms with Crippen molar-refractivity contribution in [2.45, 2.75) is 42.5 Å². The lowest BCUT2D eigenvalue weighted by molar-refractivity contribution is -0.176. The van der Waals surface area contributed by atoms with E-state index in [1.807, 2.05) is 31.2 Å². The highest BCUT2D eigenvalue weighted by molar-refractivity contribution is 7.89. The number of carbonyl (C=O) groups is 2. The molecule has 5 rings (SSSR count). The molecule has 3 aliphatic rings. The molecular weight excluding hydrogens is 456 g/mol. The monoisotopic (exact) mass is 482 g/mol. The van der Waals surface area contributed by atoms with Gasteiger partial charge in [0.2, 0.25) is 10.0 Å². The molecule has 2 aliphatic heterocycles. The summed E-state index contributed by atoms with van der Waals surface area (Å²) in [5.74, 6) is -1.37. The maximum Gasteiger partial charge on any atom is 0.324 e. The van der Waals surface area contributed by atoms with Crippen molar-refractivity contribution in [1.82, 2.24) is 4.31 Å². The highest BCUT2D eigenvalue weighted by Crippen LogP contribution is 2.62. The van der Waals surface area contributed by atoms with Crippen LogP contribution in [0.25, 0.3) is 0 Å². The molecule has 2 aromatic carbocycles. The van der Waals surface area contributed by atoms with Crippen LogP contribution in [-0.2, 0) is 34.5 Å². The fourth-order valence-electron chi connectivity index (χ4n) is 6.11. The molecule has 0 spiro atoms. The number of esters is 2. The molecule has 2 heterocycles. The molecule has 34 heavy (non-hydrogen) atoms. The molecule has 0 radical (unpaired) electrons. The Labute approximate surface area is 198 Å². The number of nitrogens with zero attached hydrogens (tertiary/aromatic N) is 2. The van der Waals surface area contributed by atoms with Crippen molar-refractivity contribution in [3.8, 4) is 0 Å². The summed E-state index contributed by atoms with van der Waals surface area (Å²) in [4.78, 5) is 31.8. The van der Waals surface area contributed by atoms with E-state index in [1.165, 1.54) is 18.5 Å². The van der Waals surface area contributed by atoms with Gasteiger partial charge in [-0.1, -0.05) is 35.9 Å². The predicted octanol–water partition coefficient (Wildman–Crippen LogP) is 2.91. The number of ether oxygens (including phenoxy) is 2. The standard InChI is InChI=1S/C25H26N2O6S/c1-16-8-10-17(11-9-16)34(30,31)27-15-14-24-18-6-4-5-7-19(18)26-21(24)20(27)12-13-25(24,22(28)32-2)23(29)33-3/h4-11,20H,12-15H2,1-3H3. The Hall–Kier alpha value is -3.04. The summed E-state index contributed by atoms with van der Waals surface area (Å²) < 4.78 is 39.2. The number of piperidine rings is 1. The number of aryl methyl sites for hydroxylation is 1. The third-order valence-corrected chi connectivity index (χ3v) is 9.55. The lowest BCUT2D eigenvalue weighted by Gasteiger charge is -2.56. The minimum atomic E-state index is -3.83. The molecule has 178 valence electrons. The third-order valence-electron chi connectivity index (χ3n) is 7.63. The number of carbonyl (C=O) groups excluding carboxylic acids is 2. The van der Waals surface area contributed by atoms with Gasteiger partial charge >= 0.3 is 11.9 Å². The predicted molar refractivity (Wildman–Crippen MR) is 124 cm³/mol. The first-order chi connectivity index (χ1) is 16.2. The number of hydrogen-bond donors (Lipinski definition) is 0. The average molecular weight is 483 g/mol. The molecule has 1 aliphatic carbocycles. The molecule has 2 bridgehead atoms. The smallest absolute Gasteiger partial charge is 0.324 e. The van der Waals surface area contributed by atoms with E-state index in [-0.39, 0.29) is 30.7 Å². The maximum absolute atomic E-state index is 13.7. The second kappa shape index (κ2) is 7.74. The lowest BCUT2D eigenvalue weighted by atomic mass is 9.49. The van der Waals surface area contributed by atoms with E-state index in [1.54, 1.807) is 24.3 Å². The Morgan fingerprint density at radius 2 is 1.65 bits per heavy atom. The Kier molecular flexibility index (Phi) is 5.18. The van der Waals surface area contributed by atoms with E-state index in [2.05, 4.69) is 0 Å². The van der Waals surface area contributed by atoms with Gasteiger partial charge in [-0.15, -0.1) is 0 Å². The molecule has 2 atom stereocenters. The number of hydrogen-bond acceptors (Lipinski definition) is 7. The van der Waals surface area contributed by atoms with Crippen molar-refractivity contribution in [1.29, 1.82) is 0 Å². The number of aliphatic imine (C=N–C) groups is 1. The first-order valence-electron chi connectivity index (χ1n) is 11.2. The minimum Gasteiger partial charge on any atom is -0.468 e. The summed E-state index contributed by atoms with van der Waals surface area (Å²) in [6, 6.07) is 13.5. The van der Waals surface area contributed by atoms with Crippen LogP contribution in [0.5, 0.6) is 0 Å². The van der Waals surface area contributed by atoms with Crippen molar-refractivity contribution in [3.63, 3.8) is 0 Å². The van der Waals surface area contributed by atoms with Gasteiger partial charge in [-0.2, -0.15) is 4.31 Å². The van der Waals surface area contributed by atoms with Crippen LogP contribution in [0.15, 0.2) is 58.4 Å². The topological polar surface area (TPSA) is 102 Å². The zero-order valence-corrected chi connectivity index (χ0v) is 20.1. The van der Waals surface area contributed by atoms with Gasteiger partial charge in [-0.3, -0.25) is 14.6 Å². The Bertz CT molecular complexity index is 1300. The number of sulfonamides is 1. The minimum absolute atomic E-state index is 0.0876. The molecule has 1 saturated heterocycles. The molecule has 9 heteroatoms. The molecule has 1 saturated carbocycles. The largest absolute Gasteiger partial charge is 0.468 e. The SMILES string of the molecule is COC(=O)C1(C(=O)OC)CCC2C3=Nc4ccccc4C31CCN2S(=O)(=O)c1ccc(C)cc1. The van der Waals surface area contributed by atoms with Gasteiger partial charge in [-0.05, 0) is 49.9 Å². The normalized spacial score (nSPS) is 25.0. The first-order valence-corrected chi connectivity index (χ1v) is 12.6. The third kappa shape index (κ3) is 2.74. The summed E-state index contributed by atoms with van der Waals surface area (Å²) >= 11 is 0. The van der Waals surface area contributed by atoms with Crippen molar-refractivity contribution in [2.75, 3.05) is 20.8 Å². The number of benzene rings is 2. The van der Waals surface area contributed by atoms with Crippen LogP contribution < -0.4 is 0 Å². The first kappa shape index (κ1) is 22.7. The van der Waals surface area contributed by atoms with Crippen molar-refractivity contribution in [3.05, 3.63) is 59.7 Å². The Morgan fingerprint density at radius 1 is 1.00 bits per heavy atom. The van der Waals surface area contributed by atoms with E-state index < -0.39 is 38.8 Å². The molecule has 2 unspecified atom stereocenters. The fraction of sp³-hybridized carbons (Fsp3) is 0.400. The molecule has 0 N–H and O–H groups in total. The zero-order chi connectivity index (χ0) is 24.3. The molecule has 2 aromatic rings. The highest BCUT2D eigenvalue weighted by Gasteiger charge is 2.73. The van der Waals surface area contributed by atoms with Crippen LogP contribution in [0.1, 0.15) is 30.4 Å². The van der Waals surface area contributed by atoms with Crippen LogP contribution in [0.2, 0.25) is 0 Å². The Morgan fingerprint density at radius 3 is 2.29 bits per heavy atom. The summed E-state index contributed by atoms with van der Waals surface area (Å²) in [6.45, 7) is 2.03. The molecule has 0 amide bonds. The average Bonchev–Trinajstić information content (AvgIpc) is 3.20. The van der Waals surface area contributed by atoms with E-state index in [4.69, 9.17) is 14.5 Å². The summed E-state index contributed by atoms with van der Waals surface area (Å²) in [5, 5.41) is 0. The Balaban J connectivity index is 1.70. The highest BCUT2D eigenvalue weighted by atomic mass is 32.2. The van der Waals surface area contributed by atoms with Crippen LogP contribution in [-0.4, -0.2) is 57.2 Å². The molecular formula is C25H26N2O6S. The van der Waals surface area contributed by atoms with Crippen molar-refractivity contribution in [2.24, 2.45) is 10.4 Å². The van der Waals surface area contributed by atoms with E-state index in [0.717, 1.165) is 11.1 Å². The number of methoxy groups -OCH3 is 2. The zero-order valence-electron chi connectivity index (χ0n) is 19.3. The van der Waals surface area contributed by atoms with E-state index >= 15 is 0 Å². The second-order valence-corrected chi connectivity index (χ2v) is 10.9. The van der Waals surface area contributed by atoms with Gasteiger partial charge in [0.25, 0.3) is 0 Å². The van der Waals surface area contributed by atoms with Gasteiger partial charge < -0.3 is 9.47 Å². The fourth-order valence-corrected chi connectivity index (χ4v) is 7.74. The summed E-state index contributed by atoms with van der Waals surface area (Å²) in [7, 11) is -1.32. The van der Waals surface area contributed by atoms with Gasteiger partial charge in [0.15, 0.2) is 5.41 Å². The molecule has 0 aromatic heterocycles. The molecule has 8 nitrogen and oxygen atoms in total. The number of fused-ring (bicyclic) bond motifs is 1. The van der Waals surface area contributed by atoms with Gasteiger partial charge in [-0.25, -0.2) is 8.42 Å². The maximum atomic E-state index is 13.7. The van der Waals surface area contributed by atoms with Crippen molar-refractivity contribution < 1.29 is 27.5 Å². The summed E-state index contributed by atoms with van der Waals surface area (Å²) in [5.41, 5.74) is 0.0713. The lowest BCUT2D eigenvalue weighted by Crippen LogP contribution is -2.70. The van der Waals surface area contributed by atoms with Crippen LogP contribution in [0.3, 0.4) is 0 Å². The van der Waals surface area contributed by atoms with E-state index in [0.29, 0.717) is 11.4 Å².